The van der Waals surface area contributed by atoms with Crippen molar-refractivity contribution in [2.45, 2.75) is 46.6 Å². The molecule has 2 nitrogen and oxygen atoms in total. The summed E-state index contributed by atoms with van der Waals surface area (Å²) in [6.45, 7) is 12.6. The van der Waals surface area contributed by atoms with E-state index in [1.807, 2.05) is 0 Å². The molecule has 1 atom stereocenters. The Morgan fingerprint density at radius 1 is 1.10 bits per heavy atom. The van der Waals surface area contributed by atoms with Gasteiger partial charge in [0.2, 0.25) is 0 Å². The summed E-state index contributed by atoms with van der Waals surface area (Å²) in [7, 11) is 2.23. The first-order chi connectivity index (χ1) is 9.47. The van der Waals surface area contributed by atoms with Gasteiger partial charge in [0, 0.05) is 6.04 Å². The molecule has 1 aliphatic rings. The third-order valence-corrected chi connectivity index (χ3v) is 4.90. The van der Waals surface area contributed by atoms with Crippen LogP contribution in [0.4, 0.5) is 0 Å². The zero-order valence-electron chi connectivity index (χ0n) is 13.8. The van der Waals surface area contributed by atoms with Crippen LogP contribution in [0, 0.1) is 26.7 Å². The van der Waals surface area contributed by atoms with Crippen LogP contribution in [-0.2, 0) is 0 Å². The zero-order chi connectivity index (χ0) is 14.7. The zero-order valence-corrected chi connectivity index (χ0v) is 13.8. The van der Waals surface area contributed by atoms with E-state index in [1.165, 1.54) is 48.2 Å². The van der Waals surface area contributed by atoms with Crippen LogP contribution in [-0.4, -0.2) is 31.6 Å². The molecule has 1 saturated heterocycles. The Kier molecular flexibility index (Phi) is 5.22. The molecule has 1 aliphatic heterocycles. The van der Waals surface area contributed by atoms with Crippen LogP contribution in [0.2, 0.25) is 0 Å². The number of hydrogen-bond donors (Lipinski definition) is 1. The van der Waals surface area contributed by atoms with E-state index in [4.69, 9.17) is 0 Å². The highest BCUT2D eigenvalue weighted by Gasteiger charge is 2.18. The van der Waals surface area contributed by atoms with Crippen molar-refractivity contribution in [2.24, 2.45) is 5.92 Å². The van der Waals surface area contributed by atoms with Crippen LogP contribution in [0.15, 0.2) is 12.1 Å². The molecule has 0 radical (unpaired) electrons. The normalized spacial score (nSPS) is 19.2. The number of nitrogens with one attached hydrogen (secondary N) is 1. The molecule has 2 heteroatoms. The van der Waals surface area contributed by atoms with Gasteiger partial charge in [0.25, 0.3) is 0 Å². The van der Waals surface area contributed by atoms with E-state index in [0.29, 0.717) is 6.04 Å². The Hall–Kier alpha value is -0.860. The van der Waals surface area contributed by atoms with E-state index >= 15 is 0 Å². The van der Waals surface area contributed by atoms with Crippen LogP contribution in [0.25, 0.3) is 0 Å². The van der Waals surface area contributed by atoms with Crippen molar-refractivity contribution >= 4 is 0 Å². The average Bonchev–Trinajstić information content (AvgIpc) is 2.42. The second-order valence-corrected chi connectivity index (χ2v) is 6.67. The fraction of sp³-hybridized carbons (Fsp3) is 0.667. The standard InChI is InChI=1S/C18H30N2/c1-13-10-15(3)18(11-14(13)2)16(4)19-12-17-6-8-20(5)9-7-17/h10-11,16-17,19H,6-9,12H2,1-5H3. The van der Waals surface area contributed by atoms with Gasteiger partial charge in [0.15, 0.2) is 0 Å². The Morgan fingerprint density at radius 2 is 1.70 bits per heavy atom. The molecular weight excluding hydrogens is 244 g/mol. The van der Waals surface area contributed by atoms with E-state index in [2.05, 4.69) is 57.1 Å². The Labute approximate surface area is 124 Å². The van der Waals surface area contributed by atoms with Gasteiger partial charge in [-0.1, -0.05) is 12.1 Å². The van der Waals surface area contributed by atoms with Crippen molar-refractivity contribution in [1.29, 1.82) is 0 Å². The van der Waals surface area contributed by atoms with Gasteiger partial charge in [0.1, 0.15) is 0 Å². The van der Waals surface area contributed by atoms with Crippen molar-refractivity contribution in [3.8, 4) is 0 Å². The van der Waals surface area contributed by atoms with Crippen LogP contribution in [0.5, 0.6) is 0 Å². The molecule has 1 fully saturated rings. The summed E-state index contributed by atoms with van der Waals surface area (Å²) < 4.78 is 0. The van der Waals surface area contributed by atoms with Crippen LogP contribution in [0.1, 0.15) is 48.1 Å². The fourth-order valence-corrected chi connectivity index (χ4v) is 3.17. The maximum absolute atomic E-state index is 3.75. The second kappa shape index (κ2) is 6.73. The van der Waals surface area contributed by atoms with Gasteiger partial charge in [-0.15, -0.1) is 0 Å². The average molecular weight is 274 g/mol. The molecule has 1 aromatic carbocycles. The third kappa shape index (κ3) is 3.83. The summed E-state index contributed by atoms with van der Waals surface area (Å²) in [6.07, 6.45) is 2.67. The van der Waals surface area contributed by atoms with Gasteiger partial charge >= 0.3 is 0 Å². The first-order valence-electron chi connectivity index (χ1n) is 7.97. The molecule has 112 valence electrons. The Bertz CT molecular complexity index is 445. The van der Waals surface area contributed by atoms with E-state index < -0.39 is 0 Å². The lowest BCUT2D eigenvalue weighted by Crippen LogP contribution is -2.35. The molecule has 0 amide bonds. The van der Waals surface area contributed by atoms with Crippen LogP contribution < -0.4 is 5.32 Å². The van der Waals surface area contributed by atoms with E-state index in [-0.39, 0.29) is 0 Å². The monoisotopic (exact) mass is 274 g/mol. The number of likely N-dealkylation sites (tertiary alicyclic amines) is 1. The van der Waals surface area contributed by atoms with Crippen molar-refractivity contribution in [3.05, 3.63) is 34.4 Å². The quantitative estimate of drug-likeness (QED) is 0.902. The van der Waals surface area contributed by atoms with Crippen molar-refractivity contribution in [3.63, 3.8) is 0 Å². The largest absolute Gasteiger partial charge is 0.310 e. The van der Waals surface area contributed by atoms with Gasteiger partial charge in [-0.2, -0.15) is 0 Å². The number of rotatable bonds is 4. The summed E-state index contributed by atoms with van der Waals surface area (Å²) in [4.78, 5) is 2.44. The van der Waals surface area contributed by atoms with Gasteiger partial charge in [-0.25, -0.2) is 0 Å². The molecule has 0 bridgehead atoms. The first kappa shape index (κ1) is 15.5. The molecule has 1 unspecified atom stereocenters. The SMILES string of the molecule is Cc1cc(C)c(C(C)NCC2CCN(C)CC2)cc1C. The highest BCUT2D eigenvalue weighted by molar-refractivity contribution is 5.38. The van der Waals surface area contributed by atoms with Crippen molar-refractivity contribution in [2.75, 3.05) is 26.7 Å². The lowest BCUT2D eigenvalue weighted by molar-refractivity contribution is 0.213. The van der Waals surface area contributed by atoms with E-state index in [0.717, 1.165) is 12.5 Å². The smallest absolute Gasteiger partial charge is 0.0294 e. The summed E-state index contributed by atoms with van der Waals surface area (Å²) >= 11 is 0. The predicted molar refractivity (Wildman–Crippen MR) is 87.3 cm³/mol. The highest BCUT2D eigenvalue weighted by atomic mass is 15.1. The minimum atomic E-state index is 0.453. The summed E-state index contributed by atoms with van der Waals surface area (Å²) in [6, 6.07) is 5.13. The number of nitrogens with zero attached hydrogens (tertiary/aromatic N) is 1. The maximum Gasteiger partial charge on any atom is 0.0294 e. The lowest BCUT2D eigenvalue weighted by atomic mass is 9.94. The summed E-state index contributed by atoms with van der Waals surface area (Å²) in [5, 5.41) is 3.75. The molecule has 0 aliphatic carbocycles. The molecule has 0 aromatic heterocycles. The summed E-state index contributed by atoms with van der Waals surface area (Å²) in [5.41, 5.74) is 5.67. The molecule has 20 heavy (non-hydrogen) atoms. The van der Waals surface area contributed by atoms with Gasteiger partial charge in [-0.3, -0.25) is 0 Å². The van der Waals surface area contributed by atoms with E-state index in [9.17, 15) is 0 Å². The molecule has 0 saturated carbocycles. The van der Waals surface area contributed by atoms with Crippen molar-refractivity contribution in [1.82, 2.24) is 10.2 Å². The van der Waals surface area contributed by atoms with Crippen LogP contribution in [0.3, 0.4) is 0 Å². The number of aryl methyl sites for hydroxylation is 3. The molecule has 2 rings (SSSR count). The molecule has 1 heterocycles. The predicted octanol–water partition coefficient (Wildman–Crippen LogP) is 3.60. The van der Waals surface area contributed by atoms with Crippen LogP contribution >= 0.6 is 0 Å². The Morgan fingerprint density at radius 3 is 2.35 bits per heavy atom. The van der Waals surface area contributed by atoms with Gasteiger partial charge < -0.3 is 10.2 Å². The van der Waals surface area contributed by atoms with E-state index in [1.54, 1.807) is 0 Å². The second-order valence-electron chi connectivity index (χ2n) is 6.67. The Balaban J connectivity index is 1.92. The first-order valence-corrected chi connectivity index (χ1v) is 7.97. The molecule has 1 aromatic rings. The highest BCUT2D eigenvalue weighted by Crippen LogP contribution is 2.22. The number of piperidine rings is 1. The van der Waals surface area contributed by atoms with Gasteiger partial charge in [-0.05, 0) is 95.4 Å². The summed E-state index contributed by atoms with van der Waals surface area (Å²) in [5.74, 6) is 0.848. The molecular formula is C18H30N2. The van der Waals surface area contributed by atoms with Crippen molar-refractivity contribution < 1.29 is 0 Å². The topological polar surface area (TPSA) is 15.3 Å². The van der Waals surface area contributed by atoms with Gasteiger partial charge in [0.05, 0.1) is 0 Å². The lowest BCUT2D eigenvalue weighted by Gasteiger charge is -2.30. The molecule has 0 spiro atoms. The minimum absolute atomic E-state index is 0.453. The fourth-order valence-electron chi connectivity index (χ4n) is 3.17. The number of benzene rings is 1. The number of hydrogen-bond acceptors (Lipinski definition) is 2. The maximum atomic E-state index is 3.75. The molecule has 1 N–H and O–H groups in total. The minimum Gasteiger partial charge on any atom is -0.310 e. The third-order valence-electron chi connectivity index (χ3n) is 4.90.